The first-order chi connectivity index (χ1) is 14.7. The Balaban J connectivity index is 1.44. The van der Waals surface area contributed by atoms with Crippen LogP contribution in [-0.2, 0) is 6.42 Å². The molecule has 3 heterocycles. The quantitative estimate of drug-likeness (QED) is 0.563. The lowest BCUT2D eigenvalue weighted by Gasteiger charge is -2.32. The van der Waals surface area contributed by atoms with Crippen LogP contribution in [0.2, 0.25) is 0 Å². The molecule has 3 aromatic rings. The van der Waals surface area contributed by atoms with Crippen molar-refractivity contribution in [2.75, 3.05) is 0 Å². The maximum Gasteiger partial charge on any atom is 0.270 e. The van der Waals surface area contributed by atoms with E-state index in [4.69, 9.17) is 0 Å². The maximum absolute atomic E-state index is 12.4. The third-order valence-electron chi connectivity index (χ3n) is 6.69. The molecule has 3 N–H and O–H groups in total. The maximum atomic E-state index is 12.4. The highest BCUT2D eigenvalue weighted by molar-refractivity contribution is 5.92. The molecule has 156 valence electrons. The number of nitrogens with zero attached hydrogens (tertiary/aromatic N) is 1. The minimum absolute atomic E-state index is 0.0602. The van der Waals surface area contributed by atoms with Gasteiger partial charge in [-0.3, -0.25) is 9.78 Å². The minimum atomic E-state index is -0.0602. The fraction of sp³-hybridized carbons (Fsp3) is 0.440. The van der Waals surface area contributed by atoms with Gasteiger partial charge in [0.15, 0.2) is 0 Å². The van der Waals surface area contributed by atoms with Gasteiger partial charge in [-0.05, 0) is 55.4 Å². The third kappa shape index (κ3) is 3.63. The third-order valence-corrected chi connectivity index (χ3v) is 6.69. The highest BCUT2D eigenvalue weighted by Crippen LogP contribution is 2.35. The molecule has 0 radical (unpaired) electrons. The van der Waals surface area contributed by atoms with E-state index >= 15 is 0 Å². The first-order valence-electron chi connectivity index (χ1n) is 11.3. The number of amides is 1. The number of H-pyrrole nitrogens is 1. The molecule has 1 aromatic carbocycles. The van der Waals surface area contributed by atoms with Gasteiger partial charge in [0.1, 0.15) is 5.69 Å². The molecule has 0 spiro atoms. The Bertz CT molecular complexity index is 1030. The second-order valence-corrected chi connectivity index (χ2v) is 8.78. The predicted molar refractivity (Wildman–Crippen MR) is 120 cm³/mol. The lowest BCUT2D eigenvalue weighted by atomic mass is 9.89. The van der Waals surface area contributed by atoms with Crippen LogP contribution >= 0.6 is 0 Å². The van der Waals surface area contributed by atoms with E-state index in [1.807, 2.05) is 12.3 Å². The van der Waals surface area contributed by atoms with E-state index in [0.29, 0.717) is 17.8 Å². The second-order valence-electron chi connectivity index (χ2n) is 8.78. The normalized spacial score (nSPS) is 21.2. The molecule has 2 atom stereocenters. The number of hydrogen-bond donors (Lipinski definition) is 3. The van der Waals surface area contributed by atoms with E-state index in [9.17, 15) is 4.79 Å². The lowest BCUT2D eigenvalue weighted by molar-refractivity contribution is 0.0912. The number of unbranched alkanes of at least 4 members (excludes halogenated alkanes) is 1. The number of carbonyl (C=O) groups is 1. The fourth-order valence-electron chi connectivity index (χ4n) is 4.73. The van der Waals surface area contributed by atoms with Gasteiger partial charge in [0, 0.05) is 34.9 Å². The molecule has 30 heavy (non-hydrogen) atoms. The van der Waals surface area contributed by atoms with Crippen LogP contribution in [0.4, 0.5) is 0 Å². The summed E-state index contributed by atoms with van der Waals surface area (Å²) in [5, 5.41) is 8.25. The fourth-order valence-corrected chi connectivity index (χ4v) is 4.73. The van der Waals surface area contributed by atoms with Gasteiger partial charge in [-0.25, -0.2) is 0 Å². The number of aromatic amines is 1. The highest BCUT2D eigenvalue weighted by atomic mass is 16.1. The number of benzene rings is 1. The minimum Gasteiger partial charge on any atom is -0.357 e. The summed E-state index contributed by atoms with van der Waals surface area (Å²) in [6.07, 6.45) is 9.88. The first kappa shape index (κ1) is 19.3. The molecule has 1 amide bonds. The van der Waals surface area contributed by atoms with Crippen LogP contribution in [0.15, 0.2) is 42.6 Å². The zero-order valence-corrected chi connectivity index (χ0v) is 17.6. The smallest absolute Gasteiger partial charge is 0.270 e. The van der Waals surface area contributed by atoms with Gasteiger partial charge in [-0.1, -0.05) is 44.0 Å². The van der Waals surface area contributed by atoms with E-state index in [-0.39, 0.29) is 11.9 Å². The van der Waals surface area contributed by atoms with Crippen molar-refractivity contribution in [3.05, 3.63) is 65.1 Å². The van der Waals surface area contributed by atoms with Gasteiger partial charge in [0.2, 0.25) is 0 Å². The van der Waals surface area contributed by atoms with Crippen LogP contribution in [0, 0.1) is 0 Å². The standard InChI is InChI=1S/C25H30N4O/c1-2-3-7-18-14-20-19-10-4-5-11-21(19)29-24(20)23(27-18)16-12-13-22(26-15-16)25(30)28-17-8-6-9-17/h4-5,10-13,15,17-18,23,27,29H,2-3,6-9,14H2,1H3,(H,28,30)/t18-,23-/m0/s1. The number of carbonyl (C=O) groups excluding carboxylic acids is 1. The summed E-state index contributed by atoms with van der Waals surface area (Å²) in [6, 6.07) is 13.3. The molecule has 1 fully saturated rings. The topological polar surface area (TPSA) is 69.8 Å². The summed E-state index contributed by atoms with van der Waals surface area (Å²) in [6.45, 7) is 2.24. The van der Waals surface area contributed by atoms with Crippen molar-refractivity contribution in [3.63, 3.8) is 0 Å². The second kappa shape index (κ2) is 8.23. The number of aromatic nitrogens is 2. The van der Waals surface area contributed by atoms with Crippen LogP contribution < -0.4 is 10.6 Å². The predicted octanol–water partition coefficient (Wildman–Crippen LogP) is 4.64. The summed E-state index contributed by atoms with van der Waals surface area (Å²) < 4.78 is 0. The van der Waals surface area contributed by atoms with Crippen molar-refractivity contribution < 1.29 is 4.79 Å². The Kier molecular flexibility index (Phi) is 5.30. The summed E-state index contributed by atoms with van der Waals surface area (Å²) in [5.41, 5.74) is 5.44. The van der Waals surface area contributed by atoms with Gasteiger partial charge in [-0.2, -0.15) is 0 Å². The zero-order chi connectivity index (χ0) is 20.5. The van der Waals surface area contributed by atoms with Gasteiger partial charge in [0.05, 0.1) is 6.04 Å². The summed E-state index contributed by atoms with van der Waals surface area (Å²) in [4.78, 5) is 20.6. The number of hydrogen-bond acceptors (Lipinski definition) is 3. The molecule has 5 nitrogen and oxygen atoms in total. The van der Waals surface area contributed by atoms with Crippen molar-refractivity contribution in [2.45, 2.75) is 70.0 Å². The monoisotopic (exact) mass is 402 g/mol. The van der Waals surface area contributed by atoms with Gasteiger partial charge in [0.25, 0.3) is 5.91 Å². The average Bonchev–Trinajstić information content (AvgIpc) is 3.13. The Morgan fingerprint density at radius 1 is 1.20 bits per heavy atom. The molecular formula is C25H30N4O. The molecule has 0 bridgehead atoms. The SMILES string of the molecule is CCCC[C@H]1Cc2c([nH]c3ccccc23)[C@H](c2ccc(C(=O)NC3CCC3)nc2)N1. The van der Waals surface area contributed by atoms with E-state index in [0.717, 1.165) is 24.8 Å². The molecule has 1 aliphatic heterocycles. The van der Waals surface area contributed by atoms with E-state index in [2.05, 4.69) is 57.9 Å². The molecular weight excluding hydrogens is 372 g/mol. The Morgan fingerprint density at radius 2 is 2.07 bits per heavy atom. The van der Waals surface area contributed by atoms with Crippen molar-refractivity contribution in [2.24, 2.45) is 0 Å². The molecule has 2 aromatic heterocycles. The Labute approximate surface area is 177 Å². The molecule has 2 aliphatic rings. The van der Waals surface area contributed by atoms with Crippen molar-refractivity contribution in [1.82, 2.24) is 20.6 Å². The van der Waals surface area contributed by atoms with Crippen LogP contribution in [0.25, 0.3) is 10.9 Å². The van der Waals surface area contributed by atoms with Crippen molar-refractivity contribution in [1.29, 1.82) is 0 Å². The van der Waals surface area contributed by atoms with Gasteiger partial charge >= 0.3 is 0 Å². The summed E-state index contributed by atoms with van der Waals surface area (Å²) >= 11 is 0. The molecule has 1 saturated carbocycles. The molecule has 0 saturated heterocycles. The van der Waals surface area contributed by atoms with Crippen LogP contribution in [0.3, 0.4) is 0 Å². The molecule has 5 rings (SSSR count). The van der Waals surface area contributed by atoms with Gasteiger partial charge in [-0.15, -0.1) is 0 Å². The number of fused-ring (bicyclic) bond motifs is 3. The van der Waals surface area contributed by atoms with Crippen LogP contribution in [0.5, 0.6) is 0 Å². The summed E-state index contributed by atoms with van der Waals surface area (Å²) in [7, 11) is 0. The van der Waals surface area contributed by atoms with Gasteiger partial charge < -0.3 is 15.6 Å². The van der Waals surface area contributed by atoms with Crippen LogP contribution in [-0.4, -0.2) is 28.0 Å². The Hall–Kier alpha value is -2.66. The Morgan fingerprint density at radius 3 is 2.80 bits per heavy atom. The zero-order valence-electron chi connectivity index (χ0n) is 17.6. The number of para-hydroxylation sites is 1. The van der Waals surface area contributed by atoms with Crippen LogP contribution in [0.1, 0.15) is 78.8 Å². The summed E-state index contributed by atoms with van der Waals surface area (Å²) in [5.74, 6) is -0.0602. The largest absolute Gasteiger partial charge is 0.357 e. The van der Waals surface area contributed by atoms with Crippen molar-refractivity contribution in [3.8, 4) is 0 Å². The first-order valence-corrected chi connectivity index (χ1v) is 11.3. The molecule has 0 unspecified atom stereocenters. The average molecular weight is 403 g/mol. The van der Waals surface area contributed by atoms with E-state index < -0.39 is 0 Å². The van der Waals surface area contributed by atoms with E-state index in [1.54, 1.807) is 0 Å². The number of pyridine rings is 1. The van der Waals surface area contributed by atoms with Crippen molar-refractivity contribution >= 4 is 16.8 Å². The number of rotatable bonds is 6. The highest BCUT2D eigenvalue weighted by Gasteiger charge is 2.30. The lowest BCUT2D eigenvalue weighted by Crippen LogP contribution is -2.40. The number of nitrogens with one attached hydrogen (secondary N) is 3. The molecule has 1 aliphatic carbocycles. The molecule has 5 heteroatoms. The van der Waals surface area contributed by atoms with E-state index in [1.165, 1.54) is 47.8 Å².